The molecule has 110 valence electrons. The van der Waals surface area contributed by atoms with Crippen molar-refractivity contribution < 1.29 is 0 Å². The summed E-state index contributed by atoms with van der Waals surface area (Å²) in [6.45, 7) is 3.18. The third kappa shape index (κ3) is 3.46. The van der Waals surface area contributed by atoms with Crippen molar-refractivity contribution in [3.8, 4) is 0 Å². The number of anilines is 1. The van der Waals surface area contributed by atoms with E-state index in [-0.39, 0.29) is 0 Å². The van der Waals surface area contributed by atoms with Gasteiger partial charge in [0.25, 0.3) is 0 Å². The van der Waals surface area contributed by atoms with Gasteiger partial charge in [0.1, 0.15) is 5.82 Å². The van der Waals surface area contributed by atoms with Gasteiger partial charge in [-0.25, -0.2) is 4.98 Å². The first-order valence-electron chi connectivity index (χ1n) is 7.68. The predicted molar refractivity (Wildman–Crippen MR) is 80.8 cm³/mol. The molecule has 1 aliphatic heterocycles. The summed E-state index contributed by atoms with van der Waals surface area (Å²) in [6, 6.07) is 1.30. The van der Waals surface area contributed by atoms with E-state index in [0.717, 1.165) is 18.1 Å². The molecule has 1 aromatic heterocycles. The molecule has 20 heavy (non-hydrogen) atoms. The van der Waals surface area contributed by atoms with Crippen LogP contribution in [-0.4, -0.2) is 54.1 Å². The maximum atomic E-state index is 4.75. The van der Waals surface area contributed by atoms with E-state index < -0.39 is 0 Å². The van der Waals surface area contributed by atoms with E-state index in [2.05, 4.69) is 34.2 Å². The largest absolute Gasteiger partial charge is 0.355 e. The first-order valence-corrected chi connectivity index (χ1v) is 7.68. The third-order valence-electron chi connectivity index (χ3n) is 4.42. The van der Waals surface area contributed by atoms with Crippen LogP contribution >= 0.6 is 0 Å². The number of likely N-dealkylation sites (tertiary alicyclic amines) is 1. The zero-order valence-electron chi connectivity index (χ0n) is 12.5. The minimum absolute atomic E-state index is 0.590. The lowest BCUT2D eigenvalue weighted by molar-refractivity contribution is 0.252. The van der Waals surface area contributed by atoms with Gasteiger partial charge in [-0.2, -0.15) is 0 Å². The van der Waals surface area contributed by atoms with Gasteiger partial charge in [0.2, 0.25) is 0 Å². The summed E-state index contributed by atoms with van der Waals surface area (Å²) in [5, 5.41) is 3.50. The van der Waals surface area contributed by atoms with Crippen LogP contribution in [0.25, 0.3) is 0 Å². The second kappa shape index (κ2) is 6.06. The van der Waals surface area contributed by atoms with Gasteiger partial charge >= 0.3 is 0 Å². The Morgan fingerprint density at radius 1 is 1.25 bits per heavy atom. The van der Waals surface area contributed by atoms with Gasteiger partial charge in [0.05, 0.1) is 11.9 Å². The fraction of sp³-hybridized carbons (Fsp3) is 0.733. The van der Waals surface area contributed by atoms with Crippen molar-refractivity contribution in [2.75, 3.05) is 32.1 Å². The van der Waals surface area contributed by atoms with Gasteiger partial charge < -0.3 is 15.1 Å². The van der Waals surface area contributed by atoms with Crippen molar-refractivity contribution in [2.24, 2.45) is 0 Å². The second-order valence-corrected chi connectivity index (χ2v) is 6.17. The standard InChI is InChI=1S/C15H25N5/c1-19-7-5-14(6-8-19)20(2)15-11-16-9-13(18-15)10-17-12-3-4-12/h9,11-12,14,17H,3-8,10H2,1-2H3. The SMILES string of the molecule is CN1CCC(N(C)c2cncc(CNC3CC3)n2)CC1. The molecule has 0 spiro atoms. The number of rotatable bonds is 5. The molecule has 0 radical (unpaired) electrons. The molecule has 1 aliphatic carbocycles. The second-order valence-electron chi connectivity index (χ2n) is 6.17. The minimum Gasteiger partial charge on any atom is -0.355 e. The van der Waals surface area contributed by atoms with Gasteiger partial charge in [-0.05, 0) is 45.8 Å². The molecule has 1 saturated heterocycles. The topological polar surface area (TPSA) is 44.3 Å². The van der Waals surface area contributed by atoms with E-state index in [4.69, 9.17) is 4.98 Å². The Kier molecular flexibility index (Phi) is 4.17. The normalized spacial score (nSPS) is 21.1. The Hall–Kier alpha value is -1.20. The van der Waals surface area contributed by atoms with Crippen LogP contribution < -0.4 is 10.2 Å². The monoisotopic (exact) mass is 275 g/mol. The number of hydrogen-bond acceptors (Lipinski definition) is 5. The molecule has 0 atom stereocenters. The first kappa shape index (κ1) is 13.8. The Bertz CT molecular complexity index is 438. The molecule has 5 heteroatoms. The molecule has 0 bridgehead atoms. The molecule has 1 saturated carbocycles. The zero-order chi connectivity index (χ0) is 13.9. The van der Waals surface area contributed by atoms with Gasteiger partial charge in [-0.3, -0.25) is 4.98 Å². The fourth-order valence-corrected chi connectivity index (χ4v) is 2.76. The van der Waals surface area contributed by atoms with E-state index in [1.54, 1.807) is 0 Å². The van der Waals surface area contributed by atoms with Crippen LogP contribution in [0.15, 0.2) is 12.4 Å². The lowest BCUT2D eigenvalue weighted by Crippen LogP contribution is -2.42. The van der Waals surface area contributed by atoms with Gasteiger partial charge in [-0.1, -0.05) is 0 Å². The highest BCUT2D eigenvalue weighted by molar-refractivity contribution is 5.36. The average molecular weight is 275 g/mol. The fourth-order valence-electron chi connectivity index (χ4n) is 2.76. The van der Waals surface area contributed by atoms with E-state index in [9.17, 15) is 0 Å². The van der Waals surface area contributed by atoms with Crippen LogP contribution in [0.3, 0.4) is 0 Å². The molecule has 1 N–H and O–H groups in total. The molecule has 0 amide bonds. The molecule has 3 rings (SSSR count). The molecule has 2 heterocycles. The molecule has 2 fully saturated rings. The van der Waals surface area contributed by atoms with Crippen LogP contribution in [-0.2, 0) is 6.54 Å². The van der Waals surface area contributed by atoms with Crippen molar-refractivity contribution in [1.82, 2.24) is 20.2 Å². The van der Waals surface area contributed by atoms with Crippen molar-refractivity contribution >= 4 is 5.82 Å². The molecule has 2 aliphatic rings. The Morgan fingerprint density at radius 2 is 2.00 bits per heavy atom. The zero-order valence-corrected chi connectivity index (χ0v) is 12.5. The first-order chi connectivity index (χ1) is 9.72. The molecule has 0 aromatic carbocycles. The van der Waals surface area contributed by atoms with Crippen LogP contribution in [0.4, 0.5) is 5.82 Å². The van der Waals surface area contributed by atoms with Crippen molar-refractivity contribution in [3.05, 3.63) is 18.1 Å². The Balaban J connectivity index is 1.61. The highest BCUT2D eigenvalue weighted by atomic mass is 15.2. The quantitative estimate of drug-likeness (QED) is 0.876. The van der Waals surface area contributed by atoms with Crippen LogP contribution in [0.2, 0.25) is 0 Å². The lowest BCUT2D eigenvalue weighted by Gasteiger charge is -2.35. The maximum absolute atomic E-state index is 4.75. The predicted octanol–water partition coefficient (Wildman–Crippen LogP) is 1.26. The minimum atomic E-state index is 0.590. The molecule has 0 unspecified atom stereocenters. The van der Waals surface area contributed by atoms with Crippen LogP contribution in [0.1, 0.15) is 31.4 Å². The van der Waals surface area contributed by atoms with Crippen molar-refractivity contribution in [1.29, 1.82) is 0 Å². The maximum Gasteiger partial charge on any atom is 0.147 e. The Labute approximate surface area is 121 Å². The number of aromatic nitrogens is 2. The molecule has 1 aromatic rings. The third-order valence-corrected chi connectivity index (χ3v) is 4.42. The summed E-state index contributed by atoms with van der Waals surface area (Å²) in [4.78, 5) is 13.8. The van der Waals surface area contributed by atoms with E-state index in [1.807, 2.05) is 12.4 Å². The smallest absolute Gasteiger partial charge is 0.147 e. The summed E-state index contributed by atoms with van der Waals surface area (Å²) in [6.07, 6.45) is 8.80. The number of hydrogen-bond donors (Lipinski definition) is 1. The number of nitrogens with one attached hydrogen (secondary N) is 1. The molecular weight excluding hydrogens is 250 g/mol. The number of piperidine rings is 1. The van der Waals surface area contributed by atoms with E-state index in [0.29, 0.717) is 12.1 Å². The summed E-state index contributed by atoms with van der Waals surface area (Å²) in [5.41, 5.74) is 1.05. The number of nitrogens with zero attached hydrogens (tertiary/aromatic N) is 4. The van der Waals surface area contributed by atoms with E-state index in [1.165, 1.54) is 38.8 Å². The highest BCUT2D eigenvalue weighted by Gasteiger charge is 2.22. The van der Waals surface area contributed by atoms with Crippen LogP contribution in [0, 0.1) is 0 Å². The molecular formula is C15H25N5. The summed E-state index contributed by atoms with van der Waals surface area (Å²) >= 11 is 0. The average Bonchev–Trinajstić information content (AvgIpc) is 3.30. The van der Waals surface area contributed by atoms with E-state index >= 15 is 0 Å². The summed E-state index contributed by atoms with van der Waals surface area (Å²) < 4.78 is 0. The lowest BCUT2D eigenvalue weighted by atomic mass is 10.0. The highest BCUT2D eigenvalue weighted by Crippen LogP contribution is 2.21. The molecule has 5 nitrogen and oxygen atoms in total. The summed E-state index contributed by atoms with van der Waals surface area (Å²) in [7, 11) is 4.35. The van der Waals surface area contributed by atoms with Crippen LogP contribution in [0.5, 0.6) is 0 Å². The Morgan fingerprint density at radius 3 is 2.70 bits per heavy atom. The summed E-state index contributed by atoms with van der Waals surface area (Å²) in [5.74, 6) is 1.01. The van der Waals surface area contributed by atoms with Gasteiger partial charge in [0, 0.05) is 31.9 Å². The van der Waals surface area contributed by atoms with Crippen molar-refractivity contribution in [3.63, 3.8) is 0 Å². The van der Waals surface area contributed by atoms with Gasteiger partial charge in [0.15, 0.2) is 0 Å². The van der Waals surface area contributed by atoms with Gasteiger partial charge in [-0.15, -0.1) is 0 Å². The van der Waals surface area contributed by atoms with Crippen molar-refractivity contribution in [2.45, 2.75) is 44.3 Å².